The number of benzene rings is 1. The first-order valence-corrected chi connectivity index (χ1v) is 5.75. The Bertz CT molecular complexity index is 428. The maximum Gasteiger partial charge on any atom is 0.338 e. The molecule has 0 bridgehead atoms. The van der Waals surface area contributed by atoms with Gasteiger partial charge in [0.2, 0.25) is 0 Å². The third-order valence-corrected chi connectivity index (χ3v) is 2.84. The molecule has 96 valence electrons. The Hall–Kier alpha value is -1.88. The summed E-state index contributed by atoms with van der Waals surface area (Å²) < 4.78 is 9.69. The van der Waals surface area contributed by atoms with Gasteiger partial charge >= 0.3 is 11.9 Å². The molecule has 0 amide bonds. The van der Waals surface area contributed by atoms with E-state index in [9.17, 15) is 14.7 Å². The first kappa shape index (κ1) is 12.6. The quantitative estimate of drug-likeness (QED) is 0.799. The van der Waals surface area contributed by atoms with Crippen LogP contribution in [0.1, 0.15) is 16.8 Å². The van der Waals surface area contributed by atoms with Gasteiger partial charge in [-0.2, -0.15) is 0 Å². The SMILES string of the molecule is O=C(OC[C@H](O)[C@@H]1CCOC1=O)c1ccccc1. The Labute approximate surface area is 104 Å². The van der Waals surface area contributed by atoms with E-state index in [1.807, 2.05) is 0 Å². The van der Waals surface area contributed by atoms with Gasteiger partial charge in [-0.3, -0.25) is 4.79 Å². The molecule has 18 heavy (non-hydrogen) atoms. The van der Waals surface area contributed by atoms with Gasteiger partial charge in [-0.05, 0) is 18.6 Å². The summed E-state index contributed by atoms with van der Waals surface area (Å²) in [5.74, 6) is -1.53. The number of aliphatic hydroxyl groups is 1. The summed E-state index contributed by atoms with van der Waals surface area (Å²) >= 11 is 0. The molecule has 1 N–H and O–H groups in total. The molecule has 5 nitrogen and oxygen atoms in total. The standard InChI is InChI=1S/C13H14O5/c14-11(10-6-7-17-13(10)16)8-18-12(15)9-4-2-1-3-5-9/h1-5,10-11,14H,6-8H2/t10-,11-/m0/s1. The predicted molar refractivity (Wildman–Crippen MR) is 61.8 cm³/mol. The fourth-order valence-corrected chi connectivity index (χ4v) is 1.80. The van der Waals surface area contributed by atoms with Gasteiger partial charge in [0.15, 0.2) is 0 Å². The third kappa shape index (κ3) is 2.87. The van der Waals surface area contributed by atoms with E-state index in [1.165, 1.54) is 0 Å². The lowest BCUT2D eigenvalue weighted by atomic mass is 10.0. The van der Waals surface area contributed by atoms with Crippen LogP contribution >= 0.6 is 0 Å². The van der Waals surface area contributed by atoms with Crippen molar-refractivity contribution in [1.82, 2.24) is 0 Å². The number of carbonyl (C=O) groups is 2. The molecule has 1 fully saturated rings. The minimum absolute atomic E-state index is 0.201. The molecular formula is C13H14O5. The van der Waals surface area contributed by atoms with Crippen LogP contribution < -0.4 is 0 Å². The largest absolute Gasteiger partial charge is 0.465 e. The third-order valence-electron chi connectivity index (χ3n) is 2.84. The minimum Gasteiger partial charge on any atom is -0.465 e. The number of carbonyl (C=O) groups excluding carboxylic acids is 2. The molecule has 0 radical (unpaired) electrons. The zero-order valence-electron chi connectivity index (χ0n) is 9.74. The van der Waals surface area contributed by atoms with Crippen molar-refractivity contribution in [2.45, 2.75) is 12.5 Å². The lowest BCUT2D eigenvalue weighted by molar-refractivity contribution is -0.144. The molecule has 1 aromatic rings. The van der Waals surface area contributed by atoms with E-state index in [0.717, 1.165) is 0 Å². The zero-order valence-corrected chi connectivity index (χ0v) is 9.74. The summed E-state index contributed by atoms with van der Waals surface area (Å²) in [5, 5.41) is 9.74. The van der Waals surface area contributed by atoms with E-state index in [4.69, 9.17) is 9.47 Å². The van der Waals surface area contributed by atoms with E-state index >= 15 is 0 Å². The molecule has 5 heteroatoms. The van der Waals surface area contributed by atoms with E-state index in [2.05, 4.69) is 0 Å². The van der Waals surface area contributed by atoms with Crippen LogP contribution in [0.2, 0.25) is 0 Å². The van der Waals surface area contributed by atoms with Crippen LogP contribution in [0.4, 0.5) is 0 Å². The molecule has 2 atom stereocenters. The van der Waals surface area contributed by atoms with Crippen LogP contribution in [0, 0.1) is 5.92 Å². The molecule has 0 spiro atoms. The molecule has 0 unspecified atom stereocenters. The summed E-state index contributed by atoms with van der Waals surface area (Å²) in [5.41, 5.74) is 0.415. The average Bonchev–Trinajstić information content (AvgIpc) is 2.83. The topological polar surface area (TPSA) is 72.8 Å². The van der Waals surface area contributed by atoms with Crippen molar-refractivity contribution in [3.05, 3.63) is 35.9 Å². The summed E-state index contributed by atoms with van der Waals surface area (Å²) in [6.45, 7) is 0.112. The van der Waals surface area contributed by atoms with Crippen molar-refractivity contribution in [3.8, 4) is 0 Å². The van der Waals surface area contributed by atoms with E-state index in [-0.39, 0.29) is 6.61 Å². The van der Waals surface area contributed by atoms with Crippen molar-refractivity contribution in [1.29, 1.82) is 0 Å². The lowest BCUT2D eigenvalue weighted by Crippen LogP contribution is -2.30. The molecule has 0 aliphatic carbocycles. The Morgan fingerprint density at radius 3 is 2.78 bits per heavy atom. The molecule has 1 aromatic carbocycles. The second kappa shape index (κ2) is 5.64. The summed E-state index contributed by atoms with van der Waals surface area (Å²) in [7, 11) is 0. The van der Waals surface area contributed by atoms with Crippen LogP contribution in [0.5, 0.6) is 0 Å². The Kier molecular flexibility index (Phi) is 3.94. The van der Waals surface area contributed by atoms with Gasteiger partial charge in [0.1, 0.15) is 12.7 Å². The molecule has 0 saturated carbocycles. The number of esters is 2. The van der Waals surface area contributed by atoms with E-state index in [0.29, 0.717) is 18.6 Å². The fourth-order valence-electron chi connectivity index (χ4n) is 1.80. The number of hydrogen-bond donors (Lipinski definition) is 1. The van der Waals surface area contributed by atoms with Crippen molar-refractivity contribution in [3.63, 3.8) is 0 Å². The van der Waals surface area contributed by atoms with Gasteiger partial charge in [0.25, 0.3) is 0 Å². The lowest BCUT2D eigenvalue weighted by Gasteiger charge is -2.14. The molecule has 1 saturated heterocycles. The molecule has 1 aliphatic rings. The summed E-state index contributed by atoms with van der Waals surface area (Å²) in [6.07, 6.45) is -0.546. The van der Waals surface area contributed by atoms with Crippen molar-refractivity contribution in [2.75, 3.05) is 13.2 Å². The minimum atomic E-state index is -1.01. The number of cyclic esters (lactones) is 1. The van der Waals surface area contributed by atoms with Crippen molar-refractivity contribution in [2.24, 2.45) is 5.92 Å². The van der Waals surface area contributed by atoms with Gasteiger partial charge in [0, 0.05) is 0 Å². The zero-order chi connectivity index (χ0) is 13.0. The second-order valence-corrected chi connectivity index (χ2v) is 4.09. The molecule has 1 heterocycles. The Morgan fingerprint density at radius 2 is 2.17 bits per heavy atom. The number of hydrogen-bond acceptors (Lipinski definition) is 5. The number of ether oxygens (including phenoxy) is 2. The fraction of sp³-hybridized carbons (Fsp3) is 0.385. The van der Waals surface area contributed by atoms with Crippen LogP contribution in [0.3, 0.4) is 0 Å². The number of aliphatic hydroxyl groups excluding tert-OH is 1. The first-order chi connectivity index (χ1) is 8.68. The predicted octanol–water partition coefficient (Wildman–Crippen LogP) is 0.767. The monoisotopic (exact) mass is 250 g/mol. The maximum atomic E-state index is 11.6. The summed E-state index contributed by atoms with van der Waals surface area (Å²) in [6, 6.07) is 8.49. The van der Waals surface area contributed by atoms with Gasteiger partial charge in [-0.1, -0.05) is 18.2 Å². The van der Waals surface area contributed by atoms with Crippen LogP contribution in [0.25, 0.3) is 0 Å². The van der Waals surface area contributed by atoms with Gasteiger partial charge in [0.05, 0.1) is 18.1 Å². The smallest absolute Gasteiger partial charge is 0.338 e. The van der Waals surface area contributed by atoms with Crippen LogP contribution in [-0.4, -0.2) is 36.4 Å². The molecular weight excluding hydrogens is 236 g/mol. The highest BCUT2D eigenvalue weighted by molar-refractivity contribution is 5.89. The highest BCUT2D eigenvalue weighted by atomic mass is 16.6. The first-order valence-electron chi connectivity index (χ1n) is 5.75. The van der Waals surface area contributed by atoms with E-state index < -0.39 is 24.0 Å². The molecule has 1 aliphatic heterocycles. The summed E-state index contributed by atoms with van der Waals surface area (Å²) in [4.78, 5) is 22.8. The second-order valence-electron chi connectivity index (χ2n) is 4.09. The average molecular weight is 250 g/mol. The molecule has 0 aromatic heterocycles. The number of rotatable bonds is 4. The van der Waals surface area contributed by atoms with Gasteiger partial charge in [-0.15, -0.1) is 0 Å². The van der Waals surface area contributed by atoms with E-state index in [1.54, 1.807) is 30.3 Å². The van der Waals surface area contributed by atoms with Crippen LogP contribution in [-0.2, 0) is 14.3 Å². The van der Waals surface area contributed by atoms with Crippen LogP contribution in [0.15, 0.2) is 30.3 Å². The highest BCUT2D eigenvalue weighted by Crippen LogP contribution is 2.18. The maximum absolute atomic E-state index is 11.6. The normalized spacial score (nSPS) is 20.3. The van der Waals surface area contributed by atoms with Crippen molar-refractivity contribution >= 4 is 11.9 Å². The molecule has 2 rings (SSSR count). The Morgan fingerprint density at radius 1 is 1.44 bits per heavy atom. The Balaban J connectivity index is 1.84. The van der Waals surface area contributed by atoms with Crippen molar-refractivity contribution < 1.29 is 24.2 Å². The van der Waals surface area contributed by atoms with Gasteiger partial charge in [-0.25, -0.2) is 4.79 Å². The highest BCUT2D eigenvalue weighted by Gasteiger charge is 2.33. The van der Waals surface area contributed by atoms with Gasteiger partial charge < -0.3 is 14.6 Å².